The number of aliphatic hydroxyl groups excluding tert-OH is 1. The molecule has 0 bridgehead atoms. The average molecular weight is 689 g/mol. The van der Waals surface area contributed by atoms with Crippen molar-refractivity contribution < 1.29 is 33.1 Å². The maximum atomic E-state index is 13.8. The van der Waals surface area contributed by atoms with Crippen molar-refractivity contribution in [3.8, 4) is 33.8 Å². The van der Waals surface area contributed by atoms with Gasteiger partial charge in [0.25, 0.3) is 14.2 Å². The SMILES string of the molecule is COc1cccc(-c2ccc(-c3cc4c(cc3Cl)N(C(=O)OC(C)(C)C)C(=O)C4=C(O)c3cc(C)no3)cc2)c1O[Si](C)(C)C(C)(C)C. The topological polar surface area (TPSA) is 111 Å². The second-order valence-electron chi connectivity index (χ2n) is 14.3. The van der Waals surface area contributed by atoms with Gasteiger partial charge in [0, 0.05) is 22.8 Å². The highest BCUT2D eigenvalue weighted by molar-refractivity contribution is 6.74. The third-order valence-electron chi connectivity index (χ3n) is 8.56. The zero-order chi connectivity index (χ0) is 35.3. The first kappa shape index (κ1) is 34.8. The molecule has 0 fully saturated rings. The van der Waals surface area contributed by atoms with Gasteiger partial charge in [-0.3, -0.25) is 4.79 Å². The molecule has 0 saturated carbocycles. The number of imide groups is 1. The van der Waals surface area contributed by atoms with Crippen LogP contribution in [0.5, 0.6) is 11.5 Å². The third-order valence-corrected chi connectivity index (χ3v) is 13.2. The predicted molar refractivity (Wildman–Crippen MR) is 191 cm³/mol. The Bertz CT molecular complexity index is 1930. The summed E-state index contributed by atoms with van der Waals surface area (Å²) in [5, 5.41) is 15.4. The minimum atomic E-state index is -2.21. The molecule has 9 nitrogen and oxygen atoms in total. The van der Waals surface area contributed by atoms with Crippen molar-refractivity contribution in [1.29, 1.82) is 0 Å². The molecular weight excluding hydrogens is 648 g/mol. The molecule has 1 aromatic heterocycles. The van der Waals surface area contributed by atoms with Crippen LogP contribution in [0.1, 0.15) is 58.6 Å². The number of hydrogen-bond acceptors (Lipinski definition) is 8. The van der Waals surface area contributed by atoms with Gasteiger partial charge in [0.2, 0.25) is 5.76 Å². The van der Waals surface area contributed by atoms with Crippen LogP contribution in [0.4, 0.5) is 10.5 Å². The zero-order valence-corrected chi connectivity index (χ0v) is 30.7. The van der Waals surface area contributed by atoms with Crippen LogP contribution in [0.3, 0.4) is 0 Å². The first-order valence-corrected chi connectivity index (χ1v) is 18.9. The van der Waals surface area contributed by atoms with Crippen molar-refractivity contribution in [2.45, 2.75) is 72.2 Å². The van der Waals surface area contributed by atoms with E-state index in [4.69, 9.17) is 30.0 Å². The van der Waals surface area contributed by atoms with E-state index in [0.29, 0.717) is 33.3 Å². The molecule has 0 saturated heterocycles. The molecular formula is C37H41ClN2O7Si. The summed E-state index contributed by atoms with van der Waals surface area (Å²) >= 11 is 6.85. The van der Waals surface area contributed by atoms with Crippen molar-refractivity contribution in [1.82, 2.24) is 5.16 Å². The average Bonchev–Trinajstić information content (AvgIpc) is 3.54. The molecule has 48 heavy (non-hydrogen) atoms. The lowest BCUT2D eigenvalue weighted by Gasteiger charge is -2.37. The molecule has 11 heteroatoms. The standard InChI is InChI=1S/C37H41ClN2O7Si/c1-21-18-30(46-39-21)32(41)31-26-19-25(27(38)20-28(26)40(34(31)42)35(43)45-36(2,3)4)23-16-14-22(15-17-23)24-12-11-13-29(44-8)33(24)47-48(9,10)37(5,6)7/h11-20,41H,1-10H3. The molecule has 1 aliphatic rings. The van der Waals surface area contributed by atoms with Crippen LogP contribution in [0, 0.1) is 6.92 Å². The normalized spacial score (nSPS) is 14.6. The zero-order valence-electron chi connectivity index (χ0n) is 28.9. The maximum Gasteiger partial charge on any atom is 0.422 e. The number of para-hydroxylation sites is 1. The Balaban J connectivity index is 1.61. The van der Waals surface area contributed by atoms with Crippen LogP contribution in [0.15, 0.2) is 65.2 Å². The van der Waals surface area contributed by atoms with Gasteiger partial charge in [-0.2, -0.15) is 0 Å². The molecule has 0 aliphatic carbocycles. The Morgan fingerprint density at radius 2 is 1.56 bits per heavy atom. The van der Waals surface area contributed by atoms with Crippen molar-refractivity contribution in [2.24, 2.45) is 0 Å². The molecule has 0 unspecified atom stereocenters. The van der Waals surface area contributed by atoms with Crippen molar-refractivity contribution >= 4 is 48.9 Å². The van der Waals surface area contributed by atoms with Crippen LogP contribution in [0.25, 0.3) is 33.6 Å². The van der Waals surface area contributed by atoms with E-state index in [2.05, 4.69) is 39.0 Å². The number of methoxy groups -OCH3 is 1. The fourth-order valence-electron chi connectivity index (χ4n) is 5.07. The number of benzene rings is 3. The largest absolute Gasteiger partial charge is 0.541 e. The number of anilines is 1. The molecule has 4 aromatic rings. The summed E-state index contributed by atoms with van der Waals surface area (Å²) < 4.78 is 23.3. The second kappa shape index (κ2) is 12.5. The number of hydrogen-bond donors (Lipinski definition) is 1. The summed E-state index contributed by atoms with van der Waals surface area (Å²) in [5.41, 5.74) is 3.11. The van der Waals surface area contributed by atoms with Crippen LogP contribution < -0.4 is 14.1 Å². The van der Waals surface area contributed by atoms with Gasteiger partial charge in [-0.15, -0.1) is 0 Å². The summed E-state index contributed by atoms with van der Waals surface area (Å²) in [5.74, 6) is 0.111. The first-order valence-electron chi connectivity index (χ1n) is 15.6. The van der Waals surface area contributed by atoms with Gasteiger partial charge < -0.3 is 23.5 Å². The van der Waals surface area contributed by atoms with Crippen molar-refractivity contribution in [2.75, 3.05) is 12.0 Å². The summed E-state index contributed by atoms with van der Waals surface area (Å²) in [6.45, 7) is 17.8. The second-order valence-corrected chi connectivity index (χ2v) is 19.4. The van der Waals surface area contributed by atoms with Gasteiger partial charge >= 0.3 is 6.09 Å². The highest BCUT2D eigenvalue weighted by atomic mass is 35.5. The number of aromatic nitrogens is 1. The maximum absolute atomic E-state index is 13.8. The summed E-state index contributed by atoms with van der Waals surface area (Å²) in [6.07, 6.45) is -0.896. The molecule has 5 rings (SSSR count). The van der Waals surface area contributed by atoms with Gasteiger partial charge in [-0.25, -0.2) is 9.69 Å². The van der Waals surface area contributed by atoms with E-state index in [1.807, 2.05) is 42.5 Å². The summed E-state index contributed by atoms with van der Waals surface area (Å²) in [4.78, 5) is 28.0. The number of aliphatic hydroxyl groups is 1. The number of carbonyl (C=O) groups is 2. The fraction of sp³-hybridized carbons (Fsp3) is 0.324. The van der Waals surface area contributed by atoms with Gasteiger partial charge in [-0.1, -0.05) is 73.9 Å². The molecule has 0 atom stereocenters. The Morgan fingerprint density at radius 3 is 2.10 bits per heavy atom. The minimum Gasteiger partial charge on any atom is -0.541 e. The number of aryl methyl sites for hydroxylation is 1. The molecule has 1 N–H and O–H groups in total. The van der Waals surface area contributed by atoms with Crippen LogP contribution in [-0.4, -0.2) is 43.3 Å². The lowest BCUT2D eigenvalue weighted by Crippen LogP contribution is -2.44. The smallest absolute Gasteiger partial charge is 0.422 e. The van der Waals surface area contributed by atoms with Crippen LogP contribution in [-0.2, 0) is 9.53 Å². The Morgan fingerprint density at radius 1 is 0.938 bits per heavy atom. The Kier molecular flexibility index (Phi) is 9.05. The van der Waals surface area contributed by atoms with Crippen LogP contribution >= 0.6 is 11.6 Å². The number of carbonyl (C=O) groups excluding carboxylic acids is 2. The number of halogens is 1. The summed E-state index contributed by atoms with van der Waals surface area (Å²) in [7, 11) is -0.574. The molecule has 2 amide bonds. The number of ether oxygens (including phenoxy) is 2. The highest BCUT2D eigenvalue weighted by Crippen LogP contribution is 2.47. The molecule has 0 radical (unpaired) electrons. The van der Waals surface area contributed by atoms with Gasteiger partial charge in [-0.05, 0) is 75.2 Å². The number of rotatable bonds is 6. The van der Waals surface area contributed by atoms with E-state index >= 15 is 0 Å². The quantitative estimate of drug-likeness (QED) is 0.121. The highest BCUT2D eigenvalue weighted by Gasteiger charge is 2.43. The monoisotopic (exact) mass is 688 g/mol. The van der Waals surface area contributed by atoms with E-state index in [1.165, 1.54) is 12.1 Å². The van der Waals surface area contributed by atoms with Crippen molar-refractivity contribution in [3.05, 3.63) is 82.7 Å². The Hall–Kier alpha value is -4.54. The number of fused-ring (bicyclic) bond motifs is 1. The lowest BCUT2D eigenvalue weighted by atomic mass is 9.96. The molecule has 2 heterocycles. The minimum absolute atomic E-state index is 0.0114. The number of nitrogens with zero attached hydrogens (tertiary/aromatic N) is 2. The van der Waals surface area contributed by atoms with E-state index in [1.54, 1.807) is 40.9 Å². The van der Waals surface area contributed by atoms with Gasteiger partial charge in [0.15, 0.2) is 17.3 Å². The van der Waals surface area contributed by atoms with Crippen LogP contribution in [0.2, 0.25) is 23.2 Å². The summed E-state index contributed by atoms with van der Waals surface area (Å²) in [6, 6.07) is 18.3. The fourth-order valence-corrected chi connectivity index (χ4v) is 6.36. The van der Waals surface area contributed by atoms with Gasteiger partial charge in [0.1, 0.15) is 5.60 Å². The van der Waals surface area contributed by atoms with E-state index < -0.39 is 31.7 Å². The molecule has 3 aromatic carbocycles. The third kappa shape index (κ3) is 6.59. The lowest BCUT2D eigenvalue weighted by molar-refractivity contribution is -0.112. The van der Waals surface area contributed by atoms with E-state index in [0.717, 1.165) is 21.6 Å². The Labute approximate surface area is 287 Å². The van der Waals surface area contributed by atoms with Crippen molar-refractivity contribution in [3.63, 3.8) is 0 Å². The first-order chi connectivity index (χ1) is 22.3. The van der Waals surface area contributed by atoms with E-state index in [9.17, 15) is 14.7 Å². The van der Waals surface area contributed by atoms with E-state index in [-0.39, 0.29) is 22.1 Å². The molecule has 1 aliphatic heterocycles. The predicted octanol–water partition coefficient (Wildman–Crippen LogP) is 10.1. The van der Waals surface area contributed by atoms with Gasteiger partial charge in [0.05, 0.1) is 29.1 Å². The molecule has 252 valence electrons. The number of amides is 2. The molecule has 0 spiro atoms.